The van der Waals surface area contributed by atoms with Crippen molar-refractivity contribution in [2.75, 3.05) is 0 Å². The Morgan fingerprint density at radius 2 is 1.92 bits per heavy atom. The Hall–Kier alpha value is 0.0200. The number of hydrogen-bond donors (Lipinski definition) is 0. The number of thioether (sulfide) groups is 1. The van der Waals surface area contributed by atoms with Crippen molar-refractivity contribution in [3.8, 4) is 0 Å². The maximum atomic E-state index is 11.6. The normalized spacial score (nSPS) is 14.2. The van der Waals surface area contributed by atoms with Gasteiger partial charge in [-0.3, -0.25) is 4.79 Å². The summed E-state index contributed by atoms with van der Waals surface area (Å²) in [6, 6.07) is 0. The first-order valence-corrected chi connectivity index (χ1v) is 5.91. The Bertz CT molecular complexity index is 158. The lowest BCUT2D eigenvalue weighted by Gasteiger charge is -2.18. The maximum Gasteiger partial charge on any atom is 0.192 e. The van der Waals surface area contributed by atoms with Gasteiger partial charge in [-0.15, -0.1) is 0 Å². The smallest absolute Gasteiger partial charge is 0.192 e. The van der Waals surface area contributed by atoms with Crippen LogP contribution in [0.3, 0.4) is 0 Å². The van der Waals surface area contributed by atoms with Gasteiger partial charge in [0, 0.05) is 10.7 Å². The molecule has 0 bridgehead atoms. The van der Waals surface area contributed by atoms with E-state index in [4.69, 9.17) is 0 Å². The maximum absolute atomic E-state index is 11.6. The number of unbranched alkanes of at least 4 members (excludes halogenated alkanes) is 1. The average Bonchev–Trinajstić information content (AvgIpc) is 1.96. The summed E-state index contributed by atoms with van der Waals surface area (Å²) >= 11 is 1.48. The highest BCUT2D eigenvalue weighted by atomic mass is 32.2. The van der Waals surface area contributed by atoms with Gasteiger partial charge in [0.2, 0.25) is 0 Å². The van der Waals surface area contributed by atoms with Crippen LogP contribution >= 0.6 is 11.8 Å². The van der Waals surface area contributed by atoms with Crippen LogP contribution in [0.15, 0.2) is 0 Å². The molecule has 0 saturated carbocycles. The third-order valence-electron chi connectivity index (χ3n) is 1.80. The summed E-state index contributed by atoms with van der Waals surface area (Å²) in [4.78, 5) is 11.6. The van der Waals surface area contributed by atoms with Crippen LogP contribution in [0.5, 0.6) is 0 Å². The van der Waals surface area contributed by atoms with Crippen molar-refractivity contribution in [3.63, 3.8) is 0 Å². The number of rotatable bonds is 4. The van der Waals surface area contributed by atoms with Gasteiger partial charge in [-0.1, -0.05) is 59.2 Å². The third-order valence-corrected chi connectivity index (χ3v) is 3.02. The van der Waals surface area contributed by atoms with Crippen LogP contribution in [0, 0.1) is 5.92 Å². The third kappa shape index (κ3) is 7.12. The molecule has 0 spiro atoms. The molecule has 0 aliphatic heterocycles. The fraction of sp³-hybridized carbons (Fsp3) is 0.909. The van der Waals surface area contributed by atoms with E-state index in [0.717, 1.165) is 12.8 Å². The average molecular weight is 202 g/mol. The minimum absolute atomic E-state index is 0.0670. The van der Waals surface area contributed by atoms with Gasteiger partial charge in [-0.05, 0) is 6.42 Å². The van der Waals surface area contributed by atoms with E-state index in [9.17, 15) is 4.79 Å². The molecule has 78 valence electrons. The molecule has 1 nitrogen and oxygen atoms in total. The molecule has 0 rings (SSSR count). The van der Waals surface area contributed by atoms with Gasteiger partial charge >= 0.3 is 0 Å². The monoisotopic (exact) mass is 202 g/mol. The van der Waals surface area contributed by atoms with E-state index < -0.39 is 0 Å². The van der Waals surface area contributed by atoms with Gasteiger partial charge in [-0.2, -0.15) is 0 Å². The summed E-state index contributed by atoms with van der Waals surface area (Å²) in [6.07, 6.45) is 3.38. The summed E-state index contributed by atoms with van der Waals surface area (Å²) in [7, 11) is 0. The number of hydrogen-bond acceptors (Lipinski definition) is 2. The lowest BCUT2D eigenvalue weighted by molar-refractivity contribution is -0.114. The summed E-state index contributed by atoms with van der Waals surface area (Å²) in [6.45, 7) is 10.5. The van der Waals surface area contributed by atoms with E-state index in [2.05, 4.69) is 27.7 Å². The van der Waals surface area contributed by atoms with Crippen molar-refractivity contribution in [2.45, 2.75) is 58.6 Å². The zero-order valence-electron chi connectivity index (χ0n) is 9.52. The standard InChI is InChI=1S/C11H22OS/c1-6-7-8-9(2)10(12)13-11(3,4)5/h9H,6-8H2,1-5H3. The second-order valence-corrected chi connectivity index (χ2v) is 6.41. The molecule has 0 fully saturated rings. The van der Waals surface area contributed by atoms with Crippen molar-refractivity contribution in [2.24, 2.45) is 5.92 Å². The van der Waals surface area contributed by atoms with Crippen LogP contribution in [0.25, 0.3) is 0 Å². The molecule has 13 heavy (non-hydrogen) atoms. The summed E-state index contributed by atoms with van der Waals surface area (Å²) in [5, 5.41) is 0.348. The fourth-order valence-electron chi connectivity index (χ4n) is 1.03. The predicted octanol–water partition coefficient (Wildman–Crippen LogP) is 3.87. The highest BCUT2D eigenvalue weighted by molar-refractivity contribution is 8.14. The molecule has 0 aliphatic carbocycles. The minimum atomic E-state index is 0.0670. The first kappa shape index (κ1) is 13.0. The Morgan fingerprint density at radius 1 is 1.38 bits per heavy atom. The zero-order chi connectivity index (χ0) is 10.5. The lowest BCUT2D eigenvalue weighted by Crippen LogP contribution is -2.16. The Labute approximate surface area is 86.7 Å². The topological polar surface area (TPSA) is 17.1 Å². The molecular formula is C11H22OS. The fourth-order valence-corrected chi connectivity index (χ4v) is 1.95. The summed E-state index contributed by atoms with van der Waals surface area (Å²) in [5.41, 5.74) is 0. The van der Waals surface area contributed by atoms with E-state index in [1.165, 1.54) is 18.2 Å². The highest BCUT2D eigenvalue weighted by Crippen LogP contribution is 2.28. The second-order valence-electron chi connectivity index (χ2n) is 4.58. The molecule has 0 aliphatic rings. The first-order chi connectivity index (χ1) is 5.87. The first-order valence-electron chi connectivity index (χ1n) is 5.09. The zero-order valence-corrected chi connectivity index (χ0v) is 10.3. The van der Waals surface area contributed by atoms with Crippen LogP contribution in [0.4, 0.5) is 0 Å². The van der Waals surface area contributed by atoms with Crippen molar-refractivity contribution < 1.29 is 4.79 Å². The SMILES string of the molecule is CCCCC(C)C(=O)SC(C)(C)C. The molecule has 0 amide bonds. The van der Waals surface area contributed by atoms with E-state index >= 15 is 0 Å². The van der Waals surface area contributed by atoms with Crippen LogP contribution < -0.4 is 0 Å². The molecule has 1 unspecified atom stereocenters. The van der Waals surface area contributed by atoms with Gasteiger partial charge < -0.3 is 0 Å². The minimum Gasteiger partial charge on any atom is -0.287 e. The molecule has 0 aromatic heterocycles. The van der Waals surface area contributed by atoms with Crippen molar-refractivity contribution in [1.29, 1.82) is 0 Å². The van der Waals surface area contributed by atoms with Crippen LogP contribution in [-0.2, 0) is 4.79 Å². The predicted molar refractivity (Wildman–Crippen MR) is 61.0 cm³/mol. The lowest BCUT2D eigenvalue weighted by atomic mass is 10.1. The number of carbonyl (C=O) groups excluding carboxylic acids is 1. The van der Waals surface area contributed by atoms with Crippen LogP contribution in [0.2, 0.25) is 0 Å². The summed E-state index contributed by atoms with van der Waals surface area (Å²) < 4.78 is 0.0670. The van der Waals surface area contributed by atoms with E-state index in [1.54, 1.807) is 0 Å². The second kappa shape index (κ2) is 5.69. The molecule has 0 saturated heterocycles. The van der Waals surface area contributed by atoms with Crippen molar-refractivity contribution in [1.82, 2.24) is 0 Å². The largest absolute Gasteiger partial charge is 0.287 e. The Kier molecular flexibility index (Phi) is 5.70. The quantitative estimate of drug-likeness (QED) is 0.688. The van der Waals surface area contributed by atoms with Gasteiger partial charge in [0.15, 0.2) is 5.12 Å². The van der Waals surface area contributed by atoms with Gasteiger partial charge in [0.05, 0.1) is 0 Å². The van der Waals surface area contributed by atoms with Gasteiger partial charge in [-0.25, -0.2) is 0 Å². The van der Waals surface area contributed by atoms with E-state index in [1.807, 2.05) is 6.92 Å². The molecule has 2 heteroatoms. The van der Waals surface area contributed by atoms with Crippen LogP contribution in [-0.4, -0.2) is 9.86 Å². The number of carbonyl (C=O) groups is 1. The molecular weight excluding hydrogens is 180 g/mol. The van der Waals surface area contributed by atoms with Crippen LogP contribution in [0.1, 0.15) is 53.9 Å². The Balaban J connectivity index is 3.83. The van der Waals surface area contributed by atoms with Crippen molar-refractivity contribution in [3.05, 3.63) is 0 Å². The molecule has 0 N–H and O–H groups in total. The van der Waals surface area contributed by atoms with Gasteiger partial charge in [0.25, 0.3) is 0 Å². The molecule has 0 aromatic carbocycles. The molecule has 1 atom stereocenters. The van der Waals surface area contributed by atoms with Crippen molar-refractivity contribution >= 4 is 16.9 Å². The summed E-state index contributed by atoms with van der Waals surface area (Å²) in [5.74, 6) is 0.226. The molecule has 0 aromatic rings. The van der Waals surface area contributed by atoms with E-state index in [0.29, 0.717) is 5.12 Å². The molecule has 0 heterocycles. The molecule has 0 radical (unpaired) electrons. The Morgan fingerprint density at radius 3 is 2.31 bits per heavy atom. The van der Waals surface area contributed by atoms with Gasteiger partial charge in [0.1, 0.15) is 0 Å². The highest BCUT2D eigenvalue weighted by Gasteiger charge is 2.20. The van der Waals surface area contributed by atoms with E-state index in [-0.39, 0.29) is 10.7 Å².